The molecule has 1 N–H and O–H groups in total. The molecule has 228 valence electrons. The van der Waals surface area contributed by atoms with Gasteiger partial charge in [-0.15, -0.1) is 26.3 Å². The number of carbonyl (C=O) groups excluding carboxylic acids is 2. The van der Waals surface area contributed by atoms with E-state index in [1.807, 2.05) is 0 Å². The van der Waals surface area contributed by atoms with Gasteiger partial charge in [0, 0.05) is 23.3 Å². The van der Waals surface area contributed by atoms with Crippen LogP contribution in [0.5, 0.6) is 28.7 Å². The van der Waals surface area contributed by atoms with Crippen LogP contribution in [0.3, 0.4) is 0 Å². The number of phenolic OH excluding ortho intramolecular Hbond substituents is 1. The number of hydrogen-bond acceptors (Lipinski definition) is 6. The average molecular weight is 653 g/mol. The molecule has 0 saturated carbocycles. The van der Waals surface area contributed by atoms with Gasteiger partial charge in [-0.25, -0.2) is 4.39 Å². The van der Waals surface area contributed by atoms with Gasteiger partial charge in [-0.2, -0.15) is 0 Å². The summed E-state index contributed by atoms with van der Waals surface area (Å²) in [5.74, 6) is -0.922. The number of ether oxygens (including phenoxy) is 3. The molecule has 0 aliphatic carbocycles. The molecule has 0 aliphatic heterocycles. The van der Waals surface area contributed by atoms with Gasteiger partial charge in [-0.3, -0.25) is 9.59 Å². The number of carbonyl (C=O) groups is 2. The SMILES string of the molecule is O=Cc1ccc(F)cc1.O=Cc1ccc(Oc2ccc(OC(F)(F)F)c(Cl)c2)cc1.Oc1ccc(OC(F)(F)F)c(Cl)c1. The van der Waals surface area contributed by atoms with Gasteiger partial charge < -0.3 is 19.3 Å². The van der Waals surface area contributed by atoms with Crippen LogP contribution in [0.25, 0.3) is 0 Å². The zero-order valence-electron chi connectivity index (χ0n) is 21.1. The van der Waals surface area contributed by atoms with Gasteiger partial charge in [0.15, 0.2) is 0 Å². The molecule has 0 fully saturated rings. The molecule has 0 radical (unpaired) electrons. The molecule has 0 bridgehead atoms. The zero-order chi connectivity index (χ0) is 32.2. The van der Waals surface area contributed by atoms with Crippen LogP contribution in [0.4, 0.5) is 30.7 Å². The Morgan fingerprint density at radius 2 is 1.02 bits per heavy atom. The van der Waals surface area contributed by atoms with Gasteiger partial charge in [-0.05, 0) is 72.8 Å². The minimum absolute atomic E-state index is 0.223. The van der Waals surface area contributed by atoms with Crippen LogP contribution in [-0.2, 0) is 0 Å². The molecular weight excluding hydrogens is 636 g/mol. The molecule has 6 nitrogen and oxygen atoms in total. The number of aromatic hydroxyl groups is 1. The van der Waals surface area contributed by atoms with Gasteiger partial charge in [0.05, 0.1) is 10.0 Å². The van der Waals surface area contributed by atoms with Crippen LogP contribution < -0.4 is 14.2 Å². The summed E-state index contributed by atoms with van der Waals surface area (Å²) in [5, 5.41) is 8.29. The third-order valence-electron chi connectivity index (χ3n) is 4.53. The van der Waals surface area contributed by atoms with E-state index in [2.05, 4.69) is 9.47 Å². The fraction of sp³-hybridized carbons (Fsp3) is 0.0714. The van der Waals surface area contributed by atoms with Crippen LogP contribution in [0.15, 0.2) is 84.9 Å². The van der Waals surface area contributed by atoms with Crippen LogP contribution in [0.2, 0.25) is 10.0 Å². The highest BCUT2D eigenvalue weighted by molar-refractivity contribution is 6.32. The maximum atomic E-state index is 12.1. The first-order valence-electron chi connectivity index (χ1n) is 11.3. The van der Waals surface area contributed by atoms with Gasteiger partial charge in [0.2, 0.25) is 0 Å². The van der Waals surface area contributed by atoms with E-state index in [1.54, 1.807) is 24.3 Å². The lowest BCUT2D eigenvalue weighted by Crippen LogP contribution is -2.17. The Balaban J connectivity index is 0.000000249. The summed E-state index contributed by atoms with van der Waals surface area (Å²) in [5.41, 5.74) is 0.978. The first kappa shape index (κ1) is 34.7. The monoisotopic (exact) mass is 652 g/mol. The standard InChI is InChI=1S/C14H8ClF3O3.C7H4ClF3O2.C7H5FO/c15-12-7-11(5-6-13(12)21-14(16,17)18)20-10-3-1-9(8-19)2-4-10;8-5-3-4(12)1-2-6(5)13-7(9,10)11;8-7-3-1-6(5-9)2-4-7/h1-8H;1-3,12H;1-5H. The van der Waals surface area contributed by atoms with E-state index in [9.17, 15) is 40.3 Å². The van der Waals surface area contributed by atoms with Crippen LogP contribution >= 0.6 is 23.2 Å². The molecule has 43 heavy (non-hydrogen) atoms. The molecule has 0 aromatic heterocycles. The van der Waals surface area contributed by atoms with Gasteiger partial charge in [0.1, 0.15) is 47.1 Å². The Kier molecular flexibility index (Phi) is 12.6. The lowest BCUT2D eigenvalue weighted by Gasteiger charge is -2.12. The van der Waals surface area contributed by atoms with E-state index < -0.39 is 24.2 Å². The molecule has 4 aromatic carbocycles. The van der Waals surface area contributed by atoms with Crippen molar-refractivity contribution in [1.82, 2.24) is 0 Å². The number of hydrogen-bond donors (Lipinski definition) is 1. The fourth-order valence-corrected chi connectivity index (χ4v) is 3.16. The van der Waals surface area contributed by atoms with Crippen molar-refractivity contribution in [2.75, 3.05) is 0 Å². The number of alkyl halides is 6. The zero-order valence-corrected chi connectivity index (χ0v) is 22.6. The summed E-state index contributed by atoms with van der Waals surface area (Å²) >= 11 is 11.0. The lowest BCUT2D eigenvalue weighted by atomic mass is 10.2. The predicted molar refractivity (Wildman–Crippen MR) is 142 cm³/mol. The van der Waals surface area contributed by atoms with Gasteiger partial charge in [0.25, 0.3) is 0 Å². The van der Waals surface area contributed by atoms with E-state index in [1.165, 1.54) is 36.4 Å². The third-order valence-corrected chi connectivity index (χ3v) is 5.12. The quantitative estimate of drug-likeness (QED) is 0.165. The Morgan fingerprint density at radius 3 is 1.44 bits per heavy atom. The highest BCUT2D eigenvalue weighted by atomic mass is 35.5. The van der Waals surface area contributed by atoms with Crippen molar-refractivity contribution < 1.29 is 59.6 Å². The Morgan fingerprint density at radius 1 is 0.605 bits per heavy atom. The van der Waals surface area contributed by atoms with Gasteiger partial charge in [-0.1, -0.05) is 23.2 Å². The largest absolute Gasteiger partial charge is 0.573 e. The van der Waals surface area contributed by atoms with Crippen LogP contribution in [-0.4, -0.2) is 30.4 Å². The first-order valence-corrected chi connectivity index (χ1v) is 12.1. The smallest absolute Gasteiger partial charge is 0.508 e. The molecule has 0 aliphatic rings. The summed E-state index contributed by atoms with van der Waals surface area (Å²) in [7, 11) is 0. The Labute approximate surface area is 248 Å². The highest BCUT2D eigenvalue weighted by Crippen LogP contribution is 2.35. The maximum absolute atomic E-state index is 12.1. The van der Waals surface area contributed by atoms with Crippen molar-refractivity contribution in [1.29, 1.82) is 0 Å². The van der Waals surface area contributed by atoms with E-state index >= 15 is 0 Å². The van der Waals surface area contributed by atoms with E-state index in [-0.39, 0.29) is 27.4 Å². The lowest BCUT2D eigenvalue weighted by molar-refractivity contribution is -0.275. The minimum Gasteiger partial charge on any atom is -0.508 e. The number of benzene rings is 4. The fourth-order valence-electron chi connectivity index (χ4n) is 2.74. The summed E-state index contributed by atoms with van der Waals surface area (Å²) in [6.07, 6.45) is -8.22. The van der Waals surface area contributed by atoms with E-state index in [4.69, 9.17) is 33.0 Å². The normalized spacial score (nSPS) is 10.7. The van der Waals surface area contributed by atoms with E-state index in [0.717, 1.165) is 24.3 Å². The van der Waals surface area contributed by atoms with Crippen molar-refractivity contribution in [3.8, 4) is 28.7 Å². The van der Waals surface area contributed by atoms with Crippen molar-refractivity contribution >= 4 is 35.8 Å². The van der Waals surface area contributed by atoms with Crippen LogP contribution in [0, 0.1) is 5.82 Å². The first-order chi connectivity index (χ1) is 20.1. The number of rotatable bonds is 6. The second kappa shape index (κ2) is 15.7. The van der Waals surface area contributed by atoms with Crippen molar-refractivity contribution in [3.05, 3.63) is 112 Å². The molecule has 0 unspecified atom stereocenters. The molecule has 0 amide bonds. The molecule has 0 spiro atoms. The number of halogens is 9. The maximum Gasteiger partial charge on any atom is 0.573 e. The summed E-state index contributed by atoms with van der Waals surface area (Å²) in [6, 6.07) is 18.1. The van der Waals surface area contributed by atoms with Crippen molar-refractivity contribution in [2.45, 2.75) is 12.7 Å². The molecule has 4 aromatic rings. The predicted octanol–water partition coefficient (Wildman–Crippen LogP) is 9.43. The summed E-state index contributed by atoms with van der Waals surface area (Å²) < 4.78 is 96.1. The van der Waals surface area contributed by atoms with Gasteiger partial charge >= 0.3 is 12.7 Å². The Hall–Kier alpha value is -4.49. The molecule has 0 heterocycles. The molecule has 0 saturated heterocycles. The topological polar surface area (TPSA) is 82.1 Å². The molecule has 4 rings (SSSR count). The number of phenols is 1. The summed E-state index contributed by atoms with van der Waals surface area (Å²) in [6.45, 7) is 0. The second-order valence-electron chi connectivity index (χ2n) is 7.76. The average Bonchev–Trinajstić information content (AvgIpc) is 2.92. The highest BCUT2D eigenvalue weighted by Gasteiger charge is 2.32. The molecule has 0 atom stereocenters. The van der Waals surface area contributed by atoms with Crippen molar-refractivity contribution in [3.63, 3.8) is 0 Å². The molecule has 15 heteroatoms. The van der Waals surface area contributed by atoms with Crippen LogP contribution in [0.1, 0.15) is 20.7 Å². The second-order valence-corrected chi connectivity index (χ2v) is 8.58. The molecular formula is C28H17Cl2F7O6. The summed E-state index contributed by atoms with van der Waals surface area (Å²) in [4.78, 5) is 20.5. The third kappa shape index (κ3) is 13.4. The number of aldehydes is 2. The minimum atomic E-state index is -4.81. The van der Waals surface area contributed by atoms with Crippen molar-refractivity contribution in [2.24, 2.45) is 0 Å². The Bertz CT molecular complexity index is 1490. The van der Waals surface area contributed by atoms with E-state index in [0.29, 0.717) is 29.4 Å².